The molecule has 0 radical (unpaired) electrons. The Hall–Kier alpha value is -1.86. The van der Waals surface area contributed by atoms with E-state index >= 15 is 0 Å². The predicted molar refractivity (Wildman–Crippen MR) is 84.0 cm³/mol. The van der Waals surface area contributed by atoms with E-state index in [1.54, 1.807) is 23.7 Å². The minimum atomic E-state index is -0.843. The fourth-order valence-corrected chi connectivity index (χ4v) is 3.69. The average Bonchev–Trinajstić information content (AvgIpc) is 3.02. The van der Waals surface area contributed by atoms with E-state index in [9.17, 15) is 4.79 Å². The summed E-state index contributed by atoms with van der Waals surface area (Å²) in [4.78, 5) is 20.6. The number of thioether (sulfide) groups is 1. The molecule has 3 heterocycles. The van der Waals surface area contributed by atoms with Gasteiger partial charge in [-0.25, -0.2) is 4.98 Å². The number of thiophene rings is 1. The molecule has 0 aliphatic heterocycles. The van der Waals surface area contributed by atoms with Crippen LogP contribution >= 0.6 is 23.1 Å². The van der Waals surface area contributed by atoms with E-state index < -0.39 is 5.97 Å². The summed E-state index contributed by atoms with van der Waals surface area (Å²) in [6, 6.07) is 4.00. The zero-order valence-corrected chi connectivity index (χ0v) is 12.9. The third kappa shape index (κ3) is 2.93. The largest absolute Gasteiger partial charge is 0.481 e. The second kappa shape index (κ2) is 5.87. The number of rotatable bonds is 5. The molecule has 0 aliphatic carbocycles. The van der Waals surface area contributed by atoms with Crippen molar-refractivity contribution >= 4 is 40.1 Å². The van der Waals surface area contributed by atoms with Gasteiger partial charge in [-0.1, -0.05) is 11.8 Å². The molecule has 21 heavy (non-hydrogen) atoms. The molecule has 5 nitrogen and oxygen atoms in total. The van der Waals surface area contributed by atoms with Crippen LogP contribution in [-0.4, -0.2) is 31.4 Å². The highest BCUT2D eigenvalue weighted by atomic mass is 32.2. The average molecular weight is 319 g/mol. The van der Waals surface area contributed by atoms with Crippen molar-refractivity contribution in [3.8, 4) is 0 Å². The van der Waals surface area contributed by atoms with Gasteiger partial charge in [0.25, 0.3) is 0 Å². The number of pyridine rings is 1. The number of hydrogen-bond donors (Lipinski definition) is 1. The molecule has 7 heteroatoms. The van der Waals surface area contributed by atoms with Crippen molar-refractivity contribution < 1.29 is 9.90 Å². The number of aliphatic carboxylic acids is 1. The molecule has 108 valence electrons. The molecule has 0 saturated heterocycles. The van der Waals surface area contributed by atoms with Crippen LogP contribution in [-0.2, 0) is 11.3 Å². The Morgan fingerprint density at radius 1 is 1.48 bits per heavy atom. The van der Waals surface area contributed by atoms with Gasteiger partial charge in [-0.3, -0.25) is 9.78 Å². The zero-order chi connectivity index (χ0) is 14.8. The first-order valence-electron chi connectivity index (χ1n) is 6.33. The molecule has 0 amide bonds. The lowest BCUT2D eigenvalue weighted by Gasteiger charge is -2.07. The third-order valence-corrected chi connectivity index (χ3v) is 5.08. The lowest BCUT2D eigenvalue weighted by Crippen LogP contribution is -2.04. The van der Waals surface area contributed by atoms with E-state index in [1.165, 1.54) is 22.2 Å². The summed E-state index contributed by atoms with van der Waals surface area (Å²) in [6.07, 6.45) is 3.44. The van der Waals surface area contributed by atoms with Crippen molar-refractivity contribution in [2.45, 2.75) is 18.6 Å². The Balaban J connectivity index is 2.02. The van der Waals surface area contributed by atoms with Crippen LogP contribution in [0.1, 0.15) is 10.4 Å². The second-order valence-corrected chi connectivity index (χ2v) is 6.50. The Bertz CT molecular complexity index is 794. The molecule has 3 rings (SSSR count). The van der Waals surface area contributed by atoms with Crippen LogP contribution in [0.3, 0.4) is 0 Å². The monoisotopic (exact) mass is 319 g/mol. The van der Waals surface area contributed by atoms with Crippen molar-refractivity contribution in [2.24, 2.45) is 0 Å². The summed E-state index contributed by atoms with van der Waals surface area (Å²) in [5.41, 5.74) is 3.01. The Morgan fingerprint density at radius 3 is 3.05 bits per heavy atom. The zero-order valence-electron chi connectivity index (χ0n) is 11.3. The van der Waals surface area contributed by atoms with Gasteiger partial charge in [0.1, 0.15) is 5.52 Å². The maximum atomic E-state index is 10.8. The standard InChI is InChI=1S/C14H13N3O2S2/c1-9-3-5-20-12(9)7-17-11-2-4-15-6-10(11)16-14(17)21-8-13(18)19/h2-6H,7-8H2,1H3,(H,18,19). The lowest BCUT2D eigenvalue weighted by atomic mass is 10.3. The highest BCUT2D eigenvalue weighted by molar-refractivity contribution is 7.99. The summed E-state index contributed by atoms with van der Waals surface area (Å²) >= 11 is 2.94. The highest BCUT2D eigenvalue weighted by Gasteiger charge is 2.14. The van der Waals surface area contributed by atoms with E-state index in [0.717, 1.165) is 11.0 Å². The summed E-state index contributed by atoms with van der Waals surface area (Å²) in [6.45, 7) is 2.78. The number of nitrogens with zero attached hydrogens (tertiary/aromatic N) is 3. The quantitative estimate of drug-likeness (QED) is 0.732. The van der Waals surface area contributed by atoms with E-state index in [1.807, 2.05) is 6.07 Å². The molecule has 3 aromatic heterocycles. The van der Waals surface area contributed by atoms with Gasteiger partial charge in [0.15, 0.2) is 5.16 Å². The number of carbonyl (C=O) groups is 1. The molecule has 0 atom stereocenters. The molecule has 3 aromatic rings. The van der Waals surface area contributed by atoms with Crippen molar-refractivity contribution in [2.75, 3.05) is 5.75 Å². The summed E-state index contributed by atoms with van der Waals surface area (Å²) in [5.74, 6) is -0.843. The van der Waals surface area contributed by atoms with Gasteiger partial charge in [0.2, 0.25) is 0 Å². The first-order valence-corrected chi connectivity index (χ1v) is 8.19. The maximum Gasteiger partial charge on any atom is 0.313 e. The minimum Gasteiger partial charge on any atom is -0.481 e. The predicted octanol–water partition coefficient (Wildman–Crippen LogP) is 3.03. The van der Waals surface area contributed by atoms with Gasteiger partial charge in [0, 0.05) is 11.1 Å². The number of hydrogen-bond acceptors (Lipinski definition) is 5. The summed E-state index contributed by atoms with van der Waals surface area (Å²) in [7, 11) is 0. The molecule has 1 N–H and O–H groups in total. The van der Waals surface area contributed by atoms with Crippen LogP contribution in [0.2, 0.25) is 0 Å². The smallest absolute Gasteiger partial charge is 0.313 e. The second-order valence-electron chi connectivity index (χ2n) is 4.55. The first-order chi connectivity index (χ1) is 10.1. The Kier molecular flexibility index (Phi) is 3.94. The van der Waals surface area contributed by atoms with Crippen LogP contribution in [0.25, 0.3) is 11.0 Å². The Morgan fingerprint density at radius 2 is 2.33 bits per heavy atom. The van der Waals surface area contributed by atoms with Crippen LogP contribution in [0, 0.1) is 6.92 Å². The normalized spacial score (nSPS) is 11.1. The fraction of sp³-hybridized carbons (Fsp3) is 0.214. The van der Waals surface area contributed by atoms with Crippen LogP contribution in [0.15, 0.2) is 35.1 Å². The molecule has 0 spiro atoms. The van der Waals surface area contributed by atoms with Gasteiger partial charge in [0.05, 0.1) is 24.0 Å². The Labute approximate surface area is 129 Å². The summed E-state index contributed by atoms with van der Waals surface area (Å²) < 4.78 is 2.06. The molecule has 0 saturated carbocycles. The molecular weight excluding hydrogens is 306 g/mol. The molecule has 0 fully saturated rings. The van der Waals surface area contributed by atoms with Crippen molar-refractivity contribution in [1.29, 1.82) is 0 Å². The van der Waals surface area contributed by atoms with Crippen molar-refractivity contribution in [3.63, 3.8) is 0 Å². The lowest BCUT2D eigenvalue weighted by molar-refractivity contribution is -0.133. The maximum absolute atomic E-state index is 10.8. The molecule has 0 aromatic carbocycles. The SMILES string of the molecule is Cc1ccsc1Cn1c(SCC(=O)O)nc2cnccc21. The topological polar surface area (TPSA) is 68.0 Å². The first kappa shape index (κ1) is 14.1. The van der Waals surface area contributed by atoms with Gasteiger partial charge in [-0.15, -0.1) is 11.3 Å². The number of imidazole rings is 1. The van der Waals surface area contributed by atoms with Crippen molar-refractivity contribution in [1.82, 2.24) is 14.5 Å². The molecule has 0 bridgehead atoms. The van der Waals surface area contributed by atoms with E-state index in [4.69, 9.17) is 5.11 Å². The van der Waals surface area contributed by atoms with Crippen molar-refractivity contribution in [3.05, 3.63) is 40.3 Å². The van der Waals surface area contributed by atoms with Gasteiger partial charge in [-0.2, -0.15) is 0 Å². The molecule has 0 unspecified atom stereocenters. The number of carboxylic acid groups (broad SMARTS) is 1. The number of aryl methyl sites for hydroxylation is 1. The van der Waals surface area contributed by atoms with Gasteiger partial charge < -0.3 is 9.67 Å². The van der Waals surface area contributed by atoms with Gasteiger partial charge >= 0.3 is 5.97 Å². The van der Waals surface area contributed by atoms with Crippen LogP contribution in [0.4, 0.5) is 0 Å². The molecule has 0 aliphatic rings. The fourth-order valence-electron chi connectivity index (χ4n) is 2.06. The highest BCUT2D eigenvalue weighted by Crippen LogP contribution is 2.26. The number of aromatic nitrogens is 3. The molecular formula is C14H13N3O2S2. The number of carboxylic acids is 1. The van der Waals surface area contributed by atoms with Gasteiger partial charge in [-0.05, 0) is 30.0 Å². The third-order valence-electron chi connectivity index (χ3n) is 3.11. The van der Waals surface area contributed by atoms with E-state index in [0.29, 0.717) is 11.7 Å². The van der Waals surface area contributed by atoms with E-state index in [2.05, 4.69) is 32.9 Å². The van der Waals surface area contributed by atoms with Crippen LogP contribution in [0.5, 0.6) is 0 Å². The minimum absolute atomic E-state index is 0.000172. The van der Waals surface area contributed by atoms with Crippen LogP contribution < -0.4 is 0 Å². The number of fused-ring (bicyclic) bond motifs is 1. The summed E-state index contributed by atoms with van der Waals surface area (Å²) in [5, 5.41) is 11.7. The van der Waals surface area contributed by atoms with E-state index in [-0.39, 0.29) is 5.75 Å².